The molecule has 0 heterocycles. The molecule has 5 aromatic carbocycles. The molecule has 36 heavy (non-hydrogen) atoms. The Morgan fingerprint density at radius 1 is 0.417 bits per heavy atom. The van der Waals surface area contributed by atoms with E-state index >= 15 is 0 Å². The van der Waals surface area contributed by atoms with Crippen LogP contribution in [0.25, 0.3) is 10.8 Å². The number of benzene rings is 5. The first-order chi connectivity index (χ1) is 17.6. The van der Waals surface area contributed by atoms with Gasteiger partial charge in [0.15, 0.2) is 11.2 Å². The molecule has 2 N–H and O–H groups in total. The molecule has 1 aliphatic carbocycles. The number of hydrogen-bond acceptors (Lipinski definition) is 2. The van der Waals surface area contributed by atoms with Crippen LogP contribution in [0.5, 0.6) is 0 Å². The fourth-order valence-corrected chi connectivity index (χ4v) is 4.88. The highest BCUT2D eigenvalue weighted by Gasteiger charge is 2.48. The summed E-state index contributed by atoms with van der Waals surface area (Å²) in [5, 5.41) is 26.5. The third-order valence-corrected chi connectivity index (χ3v) is 6.70. The molecule has 0 amide bonds. The third-order valence-electron chi connectivity index (χ3n) is 6.70. The molecule has 2 unspecified atom stereocenters. The van der Waals surface area contributed by atoms with Crippen molar-refractivity contribution >= 4 is 10.8 Å². The number of aliphatic hydroxyl groups is 2. The summed E-state index contributed by atoms with van der Waals surface area (Å²) >= 11 is 0. The summed E-state index contributed by atoms with van der Waals surface area (Å²) in [5.74, 6) is 12.6. The highest BCUT2D eigenvalue weighted by molar-refractivity contribution is 5.86. The minimum atomic E-state index is -1.63. The van der Waals surface area contributed by atoms with Gasteiger partial charge in [-0.3, -0.25) is 0 Å². The Kier molecular flexibility index (Phi) is 5.21. The fourth-order valence-electron chi connectivity index (χ4n) is 4.88. The van der Waals surface area contributed by atoms with Crippen LogP contribution in [0.3, 0.4) is 0 Å². The zero-order valence-corrected chi connectivity index (χ0v) is 19.4. The first kappa shape index (κ1) is 21.9. The van der Waals surface area contributed by atoms with Crippen molar-refractivity contribution < 1.29 is 10.2 Å². The number of fused-ring (bicyclic) bond motifs is 3. The molecule has 0 saturated carbocycles. The van der Waals surface area contributed by atoms with Crippen LogP contribution in [0.4, 0.5) is 0 Å². The largest absolute Gasteiger partial charge is 0.369 e. The van der Waals surface area contributed by atoms with E-state index in [0.717, 1.165) is 21.9 Å². The lowest BCUT2D eigenvalue weighted by molar-refractivity contribution is 0.0947. The summed E-state index contributed by atoms with van der Waals surface area (Å²) in [5.41, 5.74) is 0.466. The summed E-state index contributed by atoms with van der Waals surface area (Å²) in [4.78, 5) is 0. The Balaban J connectivity index is 1.66. The lowest BCUT2D eigenvalue weighted by atomic mass is 9.67. The zero-order valence-electron chi connectivity index (χ0n) is 19.4. The van der Waals surface area contributed by atoms with Crippen LogP contribution in [-0.4, -0.2) is 10.2 Å². The van der Waals surface area contributed by atoms with E-state index in [1.54, 1.807) is 0 Å². The van der Waals surface area contributed by atoms with Crippen molar-refractivity contribution in [2.45, 2.75) is 11.2 Å². The Morgan fingerprint density at radius 3 is 1.19 bits per heavy atom. The third kappa shape index (κ3) is 3.58. The highest BCUT2D eigenvalue weighted by Crippen LogP contribution is 2.48. The van der Waals surface area contributed by atoms with Crippen LogP contribution >= 0.6 is 0 Å². The first-order valence-electron chi connectivity index (χ1n) is 11.8. The molecule has 170 valence electrons. The van der Waals surface area contributed by atoms with Gasteiger partial charge >= 0.3 is 0 Å². The van der Waals surface area contributed by atoms with E-state index in [2.05, 4.69) is 23.7 Å². The molecular formula is C34H22O2. The highest BCUT2D eigenvalue weighted by atomic mass is 16.3. The van der Waals surface area contributed by atoms with E-state index in [1.165, 1.54) is 0 Å². The van der Waals surface area contributed by atoms with Gasteiger partial charge in [-0.1, -0.05) is 109 Å². The van der Waals surface area contributed by atoms with Gasteiger partial charge in [0.05, 0.1) is 0 Å². The van der Waals surface area contributed by atoms with Crippen LogP contribution < -0.4 is 0 Å². The van der Waals surface area contributed by atoms with Crippen molar-refractivity contribution in [3.05, 3.63) is 155 Å². The van der Waals surface area contributed by atoms with Gasteiger partial charge in [0.25, 0.3) is 0 Å². The maximum Gasteiger partial charge on any atom is 0.178 e. The van der Waals surface area contributed by atoms with Gasteiger partial charge < -0.3 is 10.2 Å². The van der Waals surface area contributed by atoms with Crippen molar-refractivity contribution in [3.63, 3.8) is 0 Å². The Labute approximate surface area is 210 Å². The summed E-state index contributed by atoms with van der Waals surface area (Å²) in [6.07, 6.45) is 0. The van der Waals surface area contributed by atoms with E-state index in [4.69, 9.17) is 0 Å². The van der Waals surface area contributed by atoms with Crippen LogP contribution in [0.1, 0.15) is 33.4 Å². The Morgan fingerprint density at radius 2 is 0.778 bits per heavy atom. The quantitative estimate of drug-likeness (QED) is 0.289. The SMILES string of the molecule is OC1(C#Cc2ccccc2)c2ccccc2C(O)(C#Cc2ccccc2)c2cc3ccccc3cc21. The van der Waals surface area contributed by atoms with E-state index in [-0.39, 0.29) is 0 Å². The van der Waals surface area contributed by atoms with Gasteiger partial charge in [-0.2, -0.15) is 0 Å². The van der Waals surface area contributed by atoms with Crippen molar-refractivity contribution in [3.8, 4) is 23.7 Å². The number of hydrogen-bond donors (Lipinski definition) is 2. The fraction of sp³-hybridized carbons (Fsp3) is 0.0588. The van der Waals surface area contributed by atoms with Crippen molar-refractivity contribution in [1.29, 1.82) is 0 Å². The van der Waals surface area contributed by atoms with Crippen LogP contribution in [0.15, 0.2) is 121 Å². The molecule has 0 aliphatic heterocycles. The molecule has 0 saturated heterocycles. The van der Waals surface area contributed by atoms with Crippen molar-refractivity contribution in [1.82, 2.24) is 0 Å². The summed E-state index contributed by atoms with van der Waals surface area (Å²) in [6.45, 7) is 0. The van der Waals surface area contributed by atoms with E-state index in [9.17, 15) is 10.2 Å². The van der Waals surface area contributed by atoms with Crippen molar-refractivity contribution in [2.24, 2.45) is 0 Å². The van der Waals surface area contributed by atoms with E-state index < -0.39 is 11.2 Å². The standard InChI is InChI=1S/C34H22O2/c35-33(21-19-25-11-3-1-4-12-25)29-17-9-10-18-30(29)34(36,22-20-26-13-5-2-6-14-26)32-24-28-16-8-7-15-27(28)23-31(32)33/h1-18,23-24,35-36H. The maximum atomic E-state index is 12.3. The second kappa shape index (κ2) is 8.56. The van der Waals surface area contributed by atoms with Crippen LogP contribution in [-0.2, 0) is 11.2 Å². The molecule has 2 nitrogen and oxygen atoms in total. The van der Waals surface area contributed by atoms with E-state index in [1.807, 2.05) is 121 Å². The smallest absolute Gasteiger partial charge is 0.178 e. The monoisotopic (exact) mass is 462 g/mol. The van der Waals surface area contributed by atoms with Gasteiger partial charge in [0.1, 0.15) is 0 Å². The minimum Gasteiger partial charge on any atom is -0.369 e. The van der Waals surface area contributed by atoms with Crippen molar-refractivity contribution in [2.75, 3.05) is 0 Å². The predicted molar refractivity (Wildman–Crippen MR) is 143 cm³/mol. The molecule has 0 spiro atoms. The summed E-state index contributed by atoms with van der Waals surface area (Å²) in [7, 11) is 0. The topological polar surface area (TPSA) is 40.5 Å². The van der Waals surface area contributed by atoms with Crippen LogP contribution in [0.2, 0.25) is 0 Å². The minimum absolute atomic E-state index is 0.529. The molecule has 0 fully saturated rings. The zero-order chi connectivity index (χ0) is 24.6. The van der Waals surface area contributed by atoms with Gasteiger partial charge in [0.2, 0.25) is 0 Å². The number of rotatable bonds is 0. The normalized spacial score (nSPS) is 19.7. The second-order valence-corrected chi connectivity index (χ2v) is 8.94. The maximum absolute atomic E-state index is 12.3. The van der Waals surface area contributed by atoms with Crippen LogP contribution in [0, 0.1) is 23.7 Å². The van der Waals surface area contributed by atoms with Gasteiger partial charge in [-0.05, 0) is 47.2 Å². The second-order valence-electron chi connectivity index (χ2n) is 8.94. The molecule has 0 bridgehead atoms. The molecule has 0 radical (unpaired) electrons. The molecule has 0 aromatic heterocycles. The Hall–Kier alpha value is -4.60. The van der Waals surface area contributed by atoms with E-state index in [0.29, 0.717) is 22.3 Å². The lowest BCUT2D eigenvalue weighted by Crippen LogP contribution is -2.41. The summed E-state index contributed by atoms with van der Waals surface area (Å²) in [6, 6.07) is 38.3. The average Bonchev–Trinajstić information content (AvgIpc) is 2.94. The van der Waals surface area contributed by atoms with Gasteiger partial charge in [0, 0.05) is 33.4 Å². The summed E-state index contributed by atoms with van der Waals surface area (Å²) < 4.78 is 0. The predicted octanol–water partition coefficient (Wildman–Crippen LogP) is 5.73. The first-order valence-corrected chi connectivity index (χ1v) is 11.8. The molecule has 2 atom stereocenters. The average molecular weight is 463 g/mol. The van der Waals surface area contributed by atoms with Gasteiger partial charge in [-0.25, -0.2) is 0 Å². The molecular weight excluding hydrogens is 440 g/mol. The molecule has 5 aromatic rings. The molecule has 2 heteroatoms. The lowest BCUT2D eigenvalue weighted by Gasteiger charge is -2.40. The molecule has 6 rings (SSSR count). The van der Waals surface area contributed by atoms with Gasteiger partial charge in [-0.15, -0.1) is 0 Å². The Bertz CT molecular complexity index is 1590. The molecule has 1 aliphatic rings.